The van der Waals surface area contributed by atoms with Crippen LogP contribution in [0.1, 0.15) is 5.56 Å². The van der Waals surface area contributed by atoms with Gasteiger partial charge in [0.2, 0.25) is 0 Å². The maximum Gasteiger partial charge on any atom is 0.139 e. The van der Waals surface area contributed by atoms with Crippen LogP contribution >= 0.6 is 11.6 Å². The number of hydrogen-bond donors (Lipinski definition) is 1. The molecule has 90 valence electrons. The lowest BCUT2D eigenvalue weighted by Gasteiger charge is -2.09. The van der Waals surface area contributed by atoms with E-state index in [-0.39, 0.29) is 0 Å². The molecule has 0 aliphatic carbocycles. The van der Waals surface area contributed by atoms with Crippen molar-refractivity contribution in [1.82, 2.24) is 4.98 Å². The van der Waals surface area contributed by atoms with Gasteiger partial charge in [-0.3, -0.25) is 4.98 Å². The lowest BCUT2D eigenvalue weighted by Crippen LogP contribution is -1.95. The van der Waals surface area contributed by atoms with Gasteiger partial charge >= 0.3 is 0 Å². The fourth-order valence-corrected chi connectivity index (χ4v) is 1.68. The Balaban J connectivity index is 2.32. The van der Waals surface area contributed by atoms with E-state index >= 15 is 0 Å². The summed E-state index contributed by atoms with van der Waals surface area (Å²) in [6.07, 6.45) is 3.17. The topological polar surface area (TPSA) is 57.9 Å². The van der Waals surface area contributed by atoms with E-state index in [1.54, 1.807) is 43.8 Å². The molecule has 5 heteroatoms. The summed E-state index contributed by atoms with van der Waals surface area (Å²) in [6.45, 7) is 0. The SMILES string of the molecule is COc1cc(Nc2cnccc2C#N)ccc1Cl. The van der Waals surface area contributed by atoms with E-state index in [1.165, 1.54) is 0 Å². The van der Waals surface area contributed by atoms with E-state index in [0.717, 1.165) is 5.69 Å². The molecular weight excluding hydrogens is 250 g/mol. The Hall–Kier alpha value is -2.25. The van der Waals surface area contributed by atoms with Crippen molar-refractivity contribution in [1.29, 1.82) is 5.26 Å². The number of halogens is 1. The Morgan fingerprint density at radius 3 is 2.94 bits per heavy atom. The van der Waals surface area contributed by atoms with Crippen molar-refractivity contribution in [3.05, 3.63) is 47.2 Å². The van der Waals surface area contributed by atoms with Gasteiger partial charge in [0.25, 0.3) is 0 Å². The number of methoxy groups -OCH3 is 1. The zero-order valence-electron chi connectivity index (χ0n) is 9.64. The number of nitrogens with one attached hydrogen (secondary N) is 1. The van der Waals surface area contributed by atoms with Crippen LogP contribution in [0.3, 0.4) is 0 Å². The minimum absolute atomic E-state index is 0.527. The van der Waals surface area contributed by atoms with Crippen LogP contribution in [0.2, 0.25) is 5.02 Å². The summed E-state index contributed by atoms with van der Waals surface area (Å²) in [4.78, 5) is 3.98. The average Bonchev–Trinajstić information content (AvgIpc) is 2.41. The number of nitrogens with zero attached hydrogens (tertiary/aromatic N) is 2. The van der Waals surface area contributed by atoms with Crippen molar-refractivity contribution >= 4 is 23.0 Å². The number of rotatable bonds is 3. The van der Waals surface area contributed by atoms with Crippen molar-refractivity contribution < 1.29 is 4.74 Å². The smallest absolute Gasteiger partial charge is 0.139 e. The second-order valence-electron chi connectivity index (χ2n) is 3.51. The molecule has 0 spiro atoms. The zero-order chi connectivity index (χ0) is 13.0. The Labute approximate surface area is 110 Å². The molecule has 0 fully saturated rings. The predicted molar refractivity (Wildman–Crippen MR) is 70.2 cm³/mol. The highest BCUT2D eigenvalue weighted by Gasteiger charge is 2.05. The number of anilines is 2. The van der Waals surface area contributed by atoms with E-state index < -0.39 is 0 Å². The average molecular weight is 260 g/mol. The second-order valence-corrected chi connectivity index (χ2v) is 3.91. The van der Waals surface area contributed by atoms with Crippen LogP contribution in [0.15, 0.2) is 36.7 Å². The quantitative estimate of drug-likeness (QED) is 0.918. The summed E-state index contributed by atoms with van der Waals surface area (Å²) in [5.41, 5.74) is 1.95. The second kappa shape index (κ2) is 5.39. The molecular formula is C13H10ClN3O. The molecule has 1 aromatic heterocycles. The molecule has 2 rings (SSSR count). The number of ether oxygens (including phenoxy) is 1. The highest BCUT2D eigenvalue weighted by Crippen LogP contribution is 2.29. The van der Waals surface area contributed by atoms with Gasteiger partial charge in [0.15, 0.2) is 0 Å². The largest absolute Gasteiger partial charge is 0.495 e. The molecule has 0 saturated carbocycles. The lowest BCUT2D eigenvalue weighted by molar-refractivity contribution is 0.415. The van der Waals surface area contributed by atoms with Crippen LogP contribution in [-0.2, 0) is 0 Å². The number of nitriles is 1. The normalized spacial score (nSPS) is 9.61. The Kier molecular flexibility index (Phi) is 3.66. The van der Waals surface area contributed by atoms with Crippen molar-refractivity contribution in [2.45, 2.75) is 0 Å². The third-order valence-electron chi connectivity index (χ3n) is 2.37. The Bertz CT molecular complexity index is 607. The van der Waals surface area contributed by atoms with Crippen LogP contribution in [0.4, 0.5) is 11.4 Å². The van der Waals surface area contributed by atoms with Crippen LogP contribution in [0.25, 0.3) is 0 Å². The monoisotopic (exact) mass is 259 g/mol. The first-order valence-corrected chi connectivity index (χ1v) is 5.57. The van der Waals surface area contributed by atoms with E-state index in [9.17, 15) is 0 Å². The fourth-order valence-electron chi connectivity index (χ4n) is 1.48. The molecule has 0 amide bonds. The summed E-state index contributed by atoms with van der Waals surface area (Å²) >= 11 is 5.94. The number of aromatic nitrogens is 1. The van der Waals surface area contributed by atoms with Crippen molar-refractivity contribution in [2.75, 3.05) is 12.4 Å². The molecule has 1 N–H and O–H groups in total. The van der Waals surface area contributed by atoms with Gasteiger partial charge in [-0.2, -0.15) is 5.26 Å². The summed E-state index contributed by atoms with van der Waals surface area (Å²) in [6, 6.07) is 9.04. The Morgan fingerprint density at radius 2 is 2.22 bits per heavy atom. The van der Waals surface area contributed by atoms with Gasteiger partial charge in [0.1, 0.15) is 11.8 Å². The number of hydrogen-bond acceptors (Lipinski definition) is 4. The summed E-state index contributed by atoms with van der Waals surface area (Å²) in [5.74, 6) is 0.573. The third kappa shape index (κ3) is 2.53. The molecule has 0 bridgehead atoms. The van der Waals surface area contributed by atoms with Gasteiger partial charge in [-0.15, -0.1) is 0 Å². The molecule has 0 unspecified atom stereocenters. The zero-order valence-corrected chi connectivity index (χ0v) is 10.4. The van der Waals surface area contributed by atoms with Gasteiger partial charge in [-0.05, 0) is 18.2 Å². The highest BCUT2D eigenvalue weighted by atomic mass is 35.5. The van der Waals surface area contributed by atoms with E-state index in [2.05, 4.69) is 16.4 Å². The molecule has 1 heterocycles. The molecule has 1 aromatic carbocycles. The van der Waals surface area contributed by atoms with Gasteiger partial charge in [-0.25, -0.2) is 0 Å². The molecule has 4 nitrogen and oxygen atoms in total. The third-order valence-corrected chi connectivity index (χ3v) is 2.68. The molecule has 0 saturated heterocycles. The molecule has 0 atom stereocenters. The van der Waals surface area contributed by atoms with Crippen molar-refractivity contribution in [3.8, 4) is 11.8 Å². The first kappa shape index (κ1) is 12.2. The van der Waals surface area contributed by atoms with E-state index in [0.29, 0.717) is 22.0 Å². The minimum atomic E-state index is 0.527. The molecule has 0 aliphatic rings. The number of benzene rings is 1. The Morgan fingerprint density at radius 1 is 1.39 bits per heavy atom. The number of pyridine rings is 1. The van der Waals surface area contributed by atoms with Crippen LogP contribution in [0, 0.1) is 11.3 Å². The first-order chi connectivity index (χ1) is 8.74. The van der Waals surface area contributed by atoms with E-state index in [4.69, 9.17) is 21.6 Å². The summed E-state index contributed by atoms with van der Waals surface area (Å²) < 4.78 is 5.13. The summed E-state index contributed by atoms with van der Waals surface area (Å²) in [5, 5.41) is 12.6. The van der Waals surface area contributed by atoms with Gasteiger partial charge < -0.3 is 10.1 Å². The first-order valence-electron chi connectivity index (χ1n) is 5.19. The minimum Gasteiger partial charge on any atom is -0.495 e. The van der Waals surface area contributed by atoms with Crippen molar-refractivity contribution in [2.24, 2.45) is 0 Å². The molecule has 2 aromatic rings. The molecule has 18 heavy (non-hydrogen) atoms. The molecule has 0 aliphatic heterocycles. The predicted octanol–water partition coefficient (Wildman–Crippen LogP) is 3.36. The standard InChI is InChI=1S/C13H10ClN3O/c1-18-13-6-10(2-3-11(13)14)17-12-8-16-5-4-9(12)7-15/h2-6,8,17H,1H3. The van der Waals surface area contributed by atoms with Crippen molar-refractivity contribution in [3.63, 3.8) is 0 Å². The maximum atomic E-state index is 8.98. The van der Waals surface area contributed by atoms with Crippen LogP contribution in [0.5, 0.6) is 5.75 Å². The lowest BCUT2D eigenvalue weighted by atomic mass is 10.2. The van der Waals surface area contributed by atoms with Crippen LogP contribution in [-0.4, -0.2) is 12.1 Å². The van der Waals surface area contributed by atoms with Gasteiger partial charge in [-0.1, -0.05) is 11.6 Å². The summed E-state index contributed by atoms with van der Waals surface area (Å²) in [7, 11) is 1.55. The fraction of sp³-hybridized carbons (Fsp3) is 0.0769. The van der Waals surface area contributed by atoms with Crippen LogP contribution < -0.4 is 10.1 Å². The molecule has 0 radical (unpaired) electrons. The van der Waals surface area contributed by atoms with Gasteiger partial charge in [0.05, 0.1) is 29.6 Å². The highest BCUT2D eigenvalue weighted by molar-refractivity contribution is 6.32. The van der Waals surface area contributed by atoms with E-state index in [1.807, 2.05) is 0 Å². The maximum absolute atomic E-state index is 8.98. The van der Waals surface area contributed by atoms with Gasteiger partial charge in [0, 0.05) is 18.0 Å².